The van der Waals surface area contributed by atoms with Crippen molar-refractivity contribution in [1.82, 2.24) is 0 Å². The molecule has 90 valence electrons. The van der Waals surface area contributed by atoms with E-state index in [-0.39, 0.29) is 11.5 Å². The van der Waals surface area contributed by atoms with Crippen molar-refractivity contribution in [3.8, 4) is 11.5 Å². The smallest absolute Gasteiger partial charge is 0.367 e. The molecule has 0 fully saturated rings. The summed E-state index contributed by atoms with van der Waals surface area (Å²) >= 11 is 0. The fraction of sp³-hybridized carbons (Fsp3) is 0. The highest BCUT2D eigenvalue weighted by molar-refractivity contribution is 7.85. The highest BCUT2D eigenvalue weighted by Crippen LogP contribution is 2.27. The molecular formula is C6H8N2O6S2. The Hall–Kier alpha value is -1.36. The lowest BCUT2D eigenvalue weighted by Crippen LogP contribution is -2.22. The number of hydrogen-bond acceptors (Lipinski definition) is 6. The SMILES string of the molecule is NS(=O)(=O)Oc1ccccc1OS(N)(=O)=O. The van der Waals surface area contributed by atoms with E-state index in [0.717, 1.165) is 12.1 Å². The van der Waals surface area contributed by atoms with Crippen molar-refractivity contribution in [1.29, 1.82) is 0 Å². The van der Waals surface area contributed by atoms with Crippen LogP contribution in [0.25, 0.3) is 0 Å². The van der Waals surface area contributed by atoms with Gasteiger partial charge in [-0.15, -0.1) is 0 Å². The number of benzene rings is 1. The summed E-state index contributed by atoms with van der Waals surface area (Å²) in [4.78, 5) is 0. The molecule has 1 aromatic rings. The molecular weight excluding hydrogens is 260 g/mol. The second-order valence-electron chi connectivity index (χ2n) is 2.60. The minimum Gasteiger partial charge on any atom is -0.367 e. The van der Waals surface area contributed by atoms with Crippen LogP contribution in [-0.2, 0) is 20.6 Å². The van der Waals surface area contributed by atoms with E-state index < -0.39 is 20.6 Å². The van der Waals surface area contributed by atoms with Crippen molar-refractivity contribution in [2.24, 2.45) is 10.3 Å². The van der Waals surface area contributed by atoms with Crippen LogP contribution >= 0.6 is 0 Å². The molecule has 0 aliphatic rings. The van der Waals surface area contributed by atoms with Gasteiger partial charge in [0.2, 0.25) is 0 Å². The van der Waals surface area contributed by atoms with E-state index in [4.69, 9.17) is 0 Å². The number of para-hydroxylation sites is 2. The highest BCUT2D eigenvalue weighted by Gasteiger charge is 2.14. The minimum atomic E-state index is -4.27. The molecule has 0 unspecified atom stereocenters. The summed E-state index contributed by atoms with van der Waals surface area (Å²) in [6.45, 7) is 0. The predicted octanol–water partition coefficient (Wildman–Crippen LogP) is -1.15. The van der Waals surface area contributed by atoms with Crippen LogP contribution < -0.4 is 18.6 Å². The van der Waals surface area contributed by atoms with E-state index in [2.05, 4.69) is 18.6 Å². The summed E-state index contributed by atoms with van der Waals surface area (Å²) in [7, 11) is -8.54. The van der Waals surface area contributed by atoms with Crippen molar-refractivity contribution in [3.05, 3.63) is 24.3 Å². The molecule has 0 radical (unpaired) electrons. The summed E-state index contributed by atoms with van der Waals surface area (Å²) in [5.74, 6) is -0.752. The lowest BCUT2D eigenvalue weighted by atomic mass is 10.3. The molecule has 0 aliphatic carbocycles. The molecule has 1 aromatic carbocycles. The van der Waals surface area contributed by atoms with Crippen LogP contribution in [0.3, 0.4) is 0 Å². The Labute approximate surface area is 92.3 Å². The van der Waals surface area contributed by atoms with Crippen LogP contribution in [-0.4, -0.2) is 16.8 Å². The first-order valence-electron chi connectivity index (χ1n) is 3.71. The maximum atomic E-state index is 10.6. The van der Waals surface area contributed by atoms with Gasteiger partial charge in [-0.3, -0.25) is 0 Å². The Morgan fingerprint density at radius 2 is 1.12 bits per heavy atom. The first-order chi connectivity index (χ1) is 7.17. The van der Waals surface area contributed by atoms with Crippen LogP contribution in [0.15, 0.2) is 24.3 Å². The maximum Gasteiger partial charge on any atom is 0.380 e. The predicted molar refractivity (Wildman–Crippen MR) is 53.9 cm³/mol. The average Bonchev–Trinajstić information content (AvgIpc) is 2.03. The Balaban J connectivity index is 3.11. The van der Waals surface area contributed by atoms with E-state index in [1.165, 1.54) is 12.1 Å². The van der Waals surface area contributed by atoms with Crippen LogP contribution in [0.4, 0.5) is 0 Å². The van der Waals surface area contributed by atoms with Crippen molar-refractivity contribution in [3.63, 3.8) is 0 Å². The van der Waals surface area contributed by atoms with Crippen LogP contribution in [0, 0.1) is 0 Å². The largest absolute Gasteiger partial charge is 0.380 e. The van der Waals surface area contributed by atoms with Crippen LogP contribution in [0.2, 0.25) is 0 Å². The third kappa shape index (κ3) is 4.44. The average molecular weight is 268 g/mol. The quantitative estimate of drug-likeness (QED) is 0.706. The summed E-state index contributed by atoms with van der Waals surface area (Å²) in [6, 6.07) is 5.11. The zero-order chi connectivity index (χ0) is 12.4. The molecule has 0 amide bonds. The van der Waals surface area contributed by atoms with Crippen molar-refractivity contribution in [2.75, 3.05) is 0 Å². The summed E-state index contributed by atoms with van der Waals surface area (Å²) in [5.41, 5.74) is 0. The van der Waals surface area contributed by atoms with Crippen molar-refractivity contribution in [2.45, 2.75) is 0 Å². The maximum absolute atomic E-state index is 10.6. The molecule has 0 bridgehead atoms. The molecule has 1 rings (SSSR count). The van der Waals surface area contributed by atoms with Gasteiger partial charge in [-0.1, -0.05) is 12.1 Å². The number of rotatable bonds is 4. The molecule has 0 heterocycles. The standard InChI is InChI=1S/C6H8N2O6S2/c7-15(9,10)13-5-3-1-2-4-6(5)14-16(8,11)12/h1-4H,(H2,7,9,10)(H2,8,11,12). The van der Waals surface area contributed by atoms with Gasteiger partial charge < -0.3 is 8.37 Å². The minimum absolute atomic E-state index is 0.376. The fourth-order valence-corrected chi connectivity index (χ4v) is 1.61. The third-order valence-corrected chi connectivity index (χ3v) is 2.08. The summed E-state index contributed by atoms with van der Waals surface area (Å²) in [6.07, 6.45) is 0. The van der Waals surface area contributed by atoms with E-state index >= 15 is 0 Å². The summed E-state index contributed by atoms with van der Waals surface area (Å²) < 4.78 is 51.1. The fourth-order valence-electron chi connectivity index (χ4n) is 0.838. The molecule has 16 heavy (non-hydrogen) atoms. The van der Waals surface area contributed by atoms with Gasteiger partial charge in [0.1, 0.15) is 0 Å². The number of hydrogen-bond donors (Lipinski definition) is 2. The molecule has 4 N–H and O–H groups in total. The highest BCUT2D eigenvalue weighted by atomic mass is 32.2. The Morgan fingerprint density at radius 1 is 0.812 bits per heavy atom. The van der Waals surface area contributed by atoms with E-state index in [1.54, 1.807) is 0 Å². The normalized spacial score (nSPS) is 12.1. The molecule has 10 heteroatoms. The molecule has 0 atom stereocenters. The summed E-state index contributed by atoms with van der Waals surface area (Å²) in [5, 5.41) is 9.23. The first kappa shape index (κ1) is 12.7. The second kappa shape index (κ2) is 4.25. The zero-order valence-electron chi connectivity index (χ0n) is 7.73. The third-order valence-electron chi connectivity index (χ3n) is 1.26. The first-order valence-corrected chi connectivity index (χ1v) is 6.65. The van der Waals surface area contributed by atoms with Crippen LogP contribution in [0.1, 0.15) is 0 Å². The van der Waals surface area contributed by atoms with Crippen molar-refractivity contribution < 1.29 is 25.2 Å². The Kier molecular flexibility index (Phi) is 3.38. The lowest BCUT2D eigenvalue weighted by molar-refractivity contribution is 0.450. The van der Waals surface area contributed by atoms with Gasteiger partial charge >= 0.3 is 20.6 Å². The van der Waals surface area contributed by atoms with Gasteiger partial charge in [0.15, 0.2) is 11.5 Å². The lowest BCUT2D eigenvalue weighted by Gasteiger charge is -2.08. The van der Waals surface area contributed by atoms with E-state index in [9.17, 15) is 16.8 Å². The van der Waals surface area contributed by atoms with Gasteiger partial charge in [-0.2, -0.15) is 27.1 Å². The van der Waals surface area contributed by atoms with Gasteiger partial charge in [-0.05, 0) is 12.1 Å². The van der Waals surface area contributed by atoms with Gasteiger partial charge in [0.25, 0.3) is 0 Å². The molecule has 0 aliphatic heterocycles. The van der Waals surface area contributed by atoms with Crippen molar-refractivity contribution >= 4 is 20.6 Å². The Bertz CT molecular complexity index is 526. The van der Waals surface area contributed by atoms with E-state index in [1.807, 2.05) is 0 Å². The van der Waals surface area contributed by atoms with Gasteiger partial charge in [0.05, 0.1) is 0 Å². The van der Waals surface area contributed by atoms with Gasteiger partial charge in [0, 0.05) is 0 Å². The van der Waals surface area contributed by atoms with Crippen LogP contribution in [0.5, 0.6) is 11.5 Å². The monoisotopic (exact) mass is 268 g/mol. The number of nitrogens with two attached hydrogens (primary N) is 2. The molecule has 0 spiro atoms. The van der Waals surface area contributed by atoms with E-state index in [0.29, 0.717) is 0 Å². The molecule has 0 aromatic heterocycles. The molecule has 0 saturated carbocycles. The topological polar surface area (TPSA) is 139 Å². The second-order valence-corrected chi connectivity index (χ2v) is 4.90. The molecule has 8 nitrogen and oxygen atoms in total. The zero-order valence-corrected chi connectivity index (χ0v) is 9.36. The Morgan fingerprint density at radius 3 is 1.38 bits per heavy atom. The van der Waals surface area contributed by atoms with Gasteiger partial charge in [-0.25, -0.2) is 0 Å². The molecule has 0 saturated heterocycles.